The molecule has 1 aromatic rings. The highest BCUT2D eigenvalue weighted by Crippen LogP contribution is 2.32. The van der Waals surface area contributed by atoms with Crippen LogP contribution in [0.5, 0.6) is 0 Å². The highest BCUT2D eigenvalue weighted by molar-refractivity contribution is 7.10. The molecule has 1 aliphatic carbocycles. The van der Waals surface area contributed by atoms with Crippen LogP contribution >= 0.6 is 11.3 Å². The van der Waals surface area contributed by atoms with Gasteiger partial charge < -0.3 is 4.90 Å². The smallest absolute Gasteiger partial charge is 0.0502 e. The number of anilines is 1. The quantitative estimate of drug-likeness (QED) is 0.750. The van der Waals surface area contributed by atoms with E-state index in [1.165, 1.54) is 44.2 Å². The summed E-state index contributed by atoms with van der Waals surface area (Å²) in [6.07, 6.45) is 8.57. The molecule has 2 rings (SSSR count). The van der Waals surface area contributed by atoms with E-state index in [1.807, 2.05) is 11.3 Å². The Morgan fingerprint density at radius 3 is 2.67 bits per heavy atom. The van der Waals surface area contributed by atoms with Crippen LogP contribution in [0.15, 0.2) is 11.4 Å². The van der Waals surface area contributed by atoms with Gasteiger partial charge in [0.05, 0.1) is 5.69 Å². The van der Waals surface area contributed by atoms with Gasteiger partial charge in [-0.25, -0.2) is 0 Å². The van der Waals surface area contributed by atoms with Gasteiger partial charge in [0, 0.05) is 19.0 Å². The van der Waals surface area contributed by atoms with Crippen molar-refractivity contribution in [2.24, 2.45) is 5.92 Å². The molecule has 1 nitrogen and oxygen atoms in total. The number of hydrogen-bond donors (Lipinski definition) is 0. The summed E-state index contributed by atoms with van der Waals surface area (Å²) in [5.41, 5.74) is 1.44. The van der Waals surface area contributed by atoms with Gasteiger partial charge in [0.2, 0.25) is 0 Å². The number of nitrogens with zero attached hydrogens (tertiary/aromatic N) is 1. The van der Waals surface area contributed by atoms with Crippen molar-refractivity contribution >= 4 is 17.0 Å². The molecular weight excluding hydrogens is 202 g/mol. The van der Waals surface area contributed by atoms with Crippen molar-refractivity contribution in [1.82, 2.24) is 0 Å². The molecule has 1 heterocycles. The molecule has 0 aromatic carbocycles. The first-order valence-electron chi connectivity index (χ1n) is 6.01. The molecule has 1 aliphatic rings. The van der Waals surface area contributed by atoms with Crippen molar-refractivity contribution in [3.63, 3.8) is 0 Å². The fourth-order valence-electron chi connectivity index (χ4n) is 2.54. The number of hydrogen-bond acceptors (Lipinski definition) is 2. The van der Waals surface area contributed by atoms with E-state index in [9.17, 15) is 0 Å². The molecule has 84 valence electrons. The molecule has 1 saturated carbocycles. The highest BCUT2D eigenvalue weighted by atomic mass is 32.1. The lowest BCUT2D eigenvalue weighted by molar-refractivity contribution is 0.358. The Hall–Kier alpha value is -0.500. The Bertz CT molecular complexity index is 297. The maximum Gasteiger partial charge on any atom is 0.0502 e. The van der Waals surface area contributed by atoms with Crippen LogP contribution in [0.3, 0.4) is 0 Å². The number of rotatable bonds is 3. The summed E-state index contributed by atoms with van der Waals surface area (Å²) < 4.78 is 0. The van der Waals surface area contributed by atoms with Gasteiger partial charge in [0.1, 0.15) is 0 Å². The third-order valence-electron chi connectivity index (χ3n) is 3.40. The largest absolute Gasteiger partial charge is 0.377 e. The second-order valence-electron chi connectivity index (χ2n) is 4.83. The van der Waals surface area contributed by atoms with Crippen molar-refractivity contribution in [3.8, 4) is 0 Å². The monoisotopic (exact) mass is 223 g/mol. The van der Waals surface area contributed by atoms with Crippen molar-refractivity contribution in [3.05, 3.63) is 16.3 Å². The second kappa shape index (κ2) is 5.02. The van der Waals surface area contributed by atoms with Gasteiger partial charge in [-0.2, -0.15) is 0 Å². The fraction of sp³-hybridized carbons (Fsp3) is 0.692. The van der Waals surface area contributed by atoms with Crippen molar-refractivity contribution in [1.29, 1.82) is 0 Å². The van der Waals surface area contributed by atoms with E-state index in [1.54, 1.807) is 4.88 Å². The minimum atomic E-state index is 0.955. The highest BCUT2D eigenvalue weighted by Gasteiger charge is 2.16. The molecule has 1 aromatic heterocycles. The van der Waals surface area contributed by atoms with Crippen LogP contribution < -0.4 is 4.90 Å². The zero-order chi connectivity index (χ0) is 10.7. The lowest BCUT2D eigenvalue weighted by Gasteiger charge is -2.22. The Labute approximate surface area is 97.1 Å². The first kappa shape index (κ1) is 11.0. The van der Waals surface area contributed by atoms with Crippen LogP contribution in [0.4, 0.5) is 5.69 Å². The summed E-state index contributed by atoms with van der Waals surface area (Å²) in [5.74, 6) is 0.955. The molecule has 0 bridgehead atoms. The van der Waals surface area contributed by atoms with E-state index in [2.05, 4.69) is 30.4 Å². The molecule has 2 heteroatoms. The number of thiophene rings is 1. The lowest BCUT2D eigenvalue weighted by Crippen LogP contribution is -2.13. The Morgan fingerprint density at radius 2 is 2.00 bits per heavy atom. The topological polar surface area (TPSA) is 3.24 Å². The molecule has 0 N–H and O–H groups in total. The van der Waals surface area contributed by atoms with Gasteiger partial charge in [0.15, 0.2) is 0 Å². The van der Waals surface area contributed by atoms with E-state index in [4.69, 9.17) is 0 Å². The van der Waals surface area contributed by atoms with Crippen LogP contribution in [0, 0.1) is 5.92 Å². The third kappa shape index (κ3) is 2.75. The molecule has 0 saturated heterocycles. The second-order valence-corrected chi connectivity index (χ2v) is 5.83. The van der Waals surface area contributed by atoms with E-state index < -0.39 is 0 Å². The van der Waals surface area contributed by atoms with E-state index >= 15 is 0 Å². The summed E-state index contributed by atoms with van der Waals surface area (Å²) in [5, 5.41) is 2.23. The van der Waals surface area contributed by atoms with Crippen LogP contribution in [0.1, 0.15) is 37.0 Å². The van der Waals surface area contributed by atoms with Crippen LogP contribution in [0.2, 0.25) is 0 Å². The first-order chi connectivity index (χ1) is 7.27. The maximum absolute atomic E-state index is 2.25. The summed E-state index contributed by atoms with van der Waals surface area (Å²) in [7, 11) is 4.29. The van der Waals surface area contributed by atoms with Gasteiger partial charge in [0.25, 0.3) is 0 Å². The Kier molecular flexibility index (Phi) is 3.68. The predicted molar refractivity (Wildman–Crippen MR) is 68.9 cm³/mol. The third-order valence-corrected chi connectivity index (χ3v) is 4.34. The minimum absolute atomic E-state index is 0.955. The molecule has 0 atom stereocenters. The molecule has 0 amide bonds. The summed E-state index contributed by atoms with van der Waals surface area (Å²) in [4.78, 5) is 3.83. The minimum Gasteiger partial charge on any atom is -0.377 e. The lowest BCUT2D eigenvalue weighted by atomic mass is 9.86. The average Bonchev–Trinajstić information content (AvgIpc) is 2.67. The SMILES string of the molecule is CN(C)c1ccsc1CC1CCCCC1. The predicted octanol–water partition coefficient (Wildman–Crippen LogP) is 3.94. The van der Waals surface area contributed by atoms with Gasteiger partial charge in [-0.3, -0.25) is 0 Å². The molecule has 0 radical (unpaired) electrons. The fourth-order valence-corrected chi connectivity index (χ4v) is 3.60. The van der Waals surface area contributed by atoms with Crippen molar-refractivity contribution < 1.29 is 0 Å². The van der Waals surface area contributed by atoms with Crippen molar-refractivity contribution in [2.45, 2.75) is 38.5 Å². The Morgan fingerprint density at radius 1 is 1.27 bits per heavy atom. The molecule has 1 fully saturated rings. The first-order valence-corrected chi connectivity index (χ1v) is 6.89. The molecular formula is C13H21NS. The zero-order valence-electron chi connectivity index (χ0n) is 9.83. The molecule has 0 spiro atoms. The molecule has 15 heavy (non-hydrogen) atoms. The van der Waals surface area contributed by atoms with E-state index in [0.29, 0.717) is 0 Å². The standard InChI is InChI=1S/C13H21NS/c1-14(2)12-8-9-15-13(12)10-11-6-4-3-5-7-11/h8-9,11H,3-7,10H2,1-2H3. The van der Waals surface area contributed by atoms with Crippen molar-refractivity contribution in [2.75, 3.05) is 19.0 Å². The summed E-state index contributed by atoms with van der Waals surface area (Å²) >= 11 is 1.93. The van der Waals surface area contributed by atoms with Gasteiger partial charge >= 0.3 is 0 Å². The van der Waals surface area contributed by atoms with E-state index in [0.717, 1.165) is 5.92 Å². The zero-order valence-corrected chi connectivity index (χ0v) is 10.6. The average molecular weight is 223 g/mol. The molecule has 0 aliphatic heterocycles. The van der Waals surface area contributed by atoms with Gasteiger partial charge in [-0.15, -0.1) is 11.3 Å². The van der Waals surface area contributed by atoms with Crippen LogP contribution in [0.25, 0.3) is 0 Å². The van der Waals surface area contributed by atoms with Gasteiger partial charge in [-0.1, -0.05) is 32.1 Å². The Balaban J connectivity index is 1.99. The summed E-state index contributed by atoms with van der Waals surface area (Å²) in [6.45, 7) is 0. The normalized spacial score (nSPS) is 18.0. The molecule has 0 unspecified atom stereocenters. The van der Waals surface area contributed by atoms with Gasteiger partial charge in [-0.05, 0) is 23.8 Å². The van der Waals surface area contributed by atoms with Crippen LogP contribution in [-0.2, 0) is 6.42 Å². The maximum atomic E-state index is 2.25. The van der Waals surface area contributed by atoms with E-state index in [-0.39, 0.29) is 0 Å². The summed E-state index contributed by atoms with van der Waals surface area (Å²) in [6, 6.07) is 2.25. The van der Waals surface area contributed by atoms with Crippen LogP contribution in [-0.4, -0.2) is 14.1 Å².